The molecule has 5 heteroatoms. The Morgan fingerprint density at radius 3 is 2.31 bits per heavy atom. The van der Waals surface area contributed by atoms with Gasteiger partial charge in [-0.2, -0.15) is 0 Å². The van der Waals surface area contributed by atoms with Crippen LogP contribution in [0.5, 0.6) is 0 Å². The van der Waals surface area contributed by atoms with Crippen LogP contribution in [-0.2, 0) is 9.47 Å². The predicted octanol–water partition coefficient (Wildman–Crippen LogP) is 3.02. The van der Waals surface area contributed by atoms with Crippen LogP contribution in [0.2, 0.25) is 0 Å². The molecule has 26 heavy (non-hydrogen) atoms. The Morgan fingerprint density at radius 1 is 1.08 bits per heavy atom. The molecule has 1 saturated heterocycles. The fourth-order valence-electron chi connectivity index (χ4n) is 4.14. The summed E-state index contributed by atoms with van der Waals surface area (Å²) in [6.07, 6.45) is -0.376. The number of amides is 1. The zero-order chi connectivity index (χ0) is 18.1. The van der Waals surface area contributed by atoms with Gasteiger partial charge in [0.1, 0.15) is 6.61 Å². The highest BCUT2D eigenvalue weighted by atomic mass is 16.6. The van der Waals surface area contributed by atoms with Crippen LogP contribution in [0.25, 0.3) is 11.1 Å². The van der Waals surface area contributed by atoms with E-state index < -0.39 is 6.10 Å². The summed E-state index contributed by atoms with van der Waals surface area (Å²) >= 11 is 0. The second kappa shape index (κ2) is 7.09. The molecule has 2 aromatic carbocycles. The molecule has 2 aliphatic rings. The average Bonchev–Trinajstić information content (AvgIpc) is 3.18. The van der Waals surface area contributed by atoms with E-state index in [1.807, 2.05) is 24.3 Å². The van der Waals surface area contributed by atoms with Gasteiger partial charge in [-0.1, -0.05) is 48.5 Å². The van der Waals surface area contributed by atoms with E-state index in [0.29, 0.717) is 26.2 Å². The van der Waals surface area contributed by atoms with Gasteiger partial charge < -0.3 is 19.5 Å². The lowest BCUT2D eigenvalue weighted by Crippen LogP contribution is -2.39. The Labute approximate surface area is 153 Å². The van der Waals surface area contributed by atoms with Crippen molar-refractivity contribution < 1.29 is 19.4 Å². The first-order chi connectivity index (χ1) is 12.7. The third-order valence-electron chi connectivity index (χ3n) is 5.32. The number of ether oxygens (including phenoxy) is 2. The van der Waals surface area contributed by atoms with Crippen LogP contribution < -0.4 is 0 Å². The van der Waals surface area contributed by atoms with Crippen molar-refractivity contribution in [3.63, 3.8) is 0 Å². The van der Waals surface area contributed by atoms with Crippen LogP contribution >= 0.6 is 0 Å². The summed E-state index contributed by atoms with van der Waals surface area (Å²) in [5.41, 5.74) is 4.80. The van der Waals surface area contributed by atoms with Crippen molar-refractivity contribution in [2.24, 2.45) is 0 Å². The molecule has 0 bridgehead atoms. The summed E-state index contributed by atoms with van der Waals surface area (Å²) in [6.45, 7) is 0.991. The SMILES string of the molecule is COCC1CC(O)CN1C(=O)OCC1c2ccccc2-c2ccccc21. The van der Waals surface area contributed by atoms with Gasteiger partial charge in [0.2, 0.25) is 0 Å². The van der Waals surface area contributed by atoms with Crippen molar-refractivity contribution in [2.45, 2.75) is 24.5 Å². The maximum absolute atomic E-state index is 12.6. The molecular weight excluding hydrogens is 330 g/mol. The largest absolute Gasteiger partial charge is 0.448 e. The number of β-amino-alcohol motifs (C(OH)–C–C–N with tert-alkyl or cyclic N) is 1. The number of carbonyl (C=O) groups is 1. The van der Waals surface area contributed by atoms with Gasteiger partial charge in [-0.15, -0.1) is 0 Å². The molecular formula is C21H23NO4. The minimum absolute atomic E-state index is 0.0414. The number of likely N-dealkylation sites (tertiary alicyclic amines) is 1. The molecule has 0 saturated carbocycles. The van der Waals surface area contributed by atoms with Crippen LogP contribution in [0.3, 0.4) is 0 Å². The van der Waals surface area contributed by atoms with Crippen LogP contribution in [0, 0.1) is 0 Å². The maximum atomic E-state index is 12.6. The summed E-state index contributed by atoms with van der Waals surface area (Å²) in [6, 6.07) is 16.4. The molecule has 136 valence electrons. The minimum Gasteiger partial charge on any atom is -0.448 e. The lowest BCUT2D eigenvalue weighted by molar-refractivity contribution is 0.0715. The van der Waals surface area contributed by atoms with Crippen LogP contribution in [0.15, 0.2) is 48.5 Å². The number of aliphatic hydroxyl groups excluding tert-OH is 1. The Kier molecular flexibility index (Phi) is 4.66. The number of benzene rings is 2. The third-order valence-corrected chi connectivity index (χ3v) is 5.32. The molecule has 2 aromatic rings. The minimum atomic E-state index is -0.518. The highest BCUT2D eigenvalue weighted by Crippen LogP contribution is 2.44. The Bertz CT molecular complexity index is 761. The number of carbonyl (C=O) groups excluding carboxylic acids is 1. The predicted molar refractivity (Wildman–Crippen MR) is 98.1 cm³/mol. The third kappa shape index (κ3) is 2.97. The zero-order valence-corrected chi connectivity index (χ0v) is 14.8. The van der Waals surface area contributed by atoms with Gasteiger partial charge >= 0.3 is 6.09 Å². The van der Waals surface area contributed by atoms with Gasteiger partial charge in [-0.3, -0.25) is 0 Å². The second-order valence-electron chi connectivity index (χ2n) is 6.96. The molecule has 5 nitrogen and oxygen atoms in total. The standard InChI is InChI=1S/C21H23NO4/c1-25-12-14-10-15(23)11-22(14)21(24)26-13-20-18-8-4-2-6-16(18)17-7-3-5-9-19(17)20/h2-9,14-15,20,23H,10-13H2,1H3. The van der Waals surface area contributed by atoms with Crippen molar-refractivity contribution in [1.82, 2.24) is 4.90 Å². The molecule has 0 spiro atoms. The monoisotopic (exact) mass is 353 g/mol. The van der Waals surface area contributed by atoms with E-state index in [0.717, 1.165) is 0 Å². The fourth-order valence-corrected chi connectivity index (χ4v) is 4.14. The summed E-state index contributed by atoms with van der Waals surface area (Å²) in [4.78, 5) is 14.2. The molecule has 1 N–H and O–H groups in total. The number of aliphatic hydroxyl groups is 1. The van der Waals surface area contributed by atoms with E-state index in [1.54, 1.807) is 12.0 Å². The van der Waals surface area contributed by atoms with Crippen LogP contribution in [0.1, 0.15) is 23.5 Å². The summed E-state index contributed by atoms with van der Waals surface area (Å²) < 4.78 is 10.8. The Hall–Kier alpha value is -2.37. The number of hydrogen-bond donors (Lipinski definition) is 1. The van der Waals surface area contributed by atoms with Crippen molar-refractivity contribution in [3.8, 4) is 11.1 Å². The molecule has 1 aliphatic carbocycles. The molecule has 1 amide bonds. The van der Waals surface area contributed by atoms with Crippen molar-refractivity contribution in [2.75, 3.05) is 26.9 Å². The molecule has 2 atom stereocenters. The molecule has 0 aromatic heterocycles. The van der Waals surface area contributed by atoms with E-state index in [4.69, 9.17) is 9.47 Å². The number of hydrogen-bond acceptors (Lipinski definition) is 4. The zero-order valence-electron chi connectivity index (χ0n) is 14.8. The molecule has 1 fully saturated rings. The van der Waals surface area contributed by atoms with Gasteiger partial charge in [-0.05, 0) is 28.7 Å². The lowest BCUT2D eigenvalue weighted by atomic mass is 9.98. The molecule has 0 radical (unpaired) electrons. The number of methoxy groups -OCH3 is 1. The van der Waals surface area contributed by atoms with E-state index in [1.165, 1.54) is 22.3 Å². The first kappa shape index (κ1) is 17.1. The quantitative estimate of drug-likeness (QED) is 0.918. The summed E-state index contributed by atoms with van der Waals surface area (Å²) in [5.74, 6) is 0.0414. The average molecular weight is 353 g/mol. The van der Waals surface area contributed by atoms with Gasteiger partial charge in [-0.25, -0.2) is 4.79 Å². The highest BCUT2D eigenvalue weighted by Gasteiger charge is 2.36. The summed E-state index contributed by atoms with van der Waals surface area (Å²) in [7, 11) is 1.60. The van der Waals surface area contributed by atoms with E-state index >= 15 is 0 Å². The molecule has 1 heterocycles. The maximum Gasteiger partial charge on any atom is 0.410 e. The van der Waals surface area contributed by atoms with E-state index in [2.05, 4.69) is 24.3 Å². The molecule has 2 unspecified atom stereocenters. The van der Waals surface area contributed by atoms with Crippen molar-refractivity contribution in [1.29, 1.82) is 0 Å². The fraction of sp³-hybridized carbons (Fsp3) is 0.381. The van der Waals surface area contributed by atoms with Crippen molar-refractivity contribution in [3.05, 3.63) is 59.7 Å². The van der Waals surface area contributed by atoms with Gasteiger partial charge in [0.05, 0.1) is 25.3 Å². The van der Waals surface area contributed by atoms with E-state index in [-0.39, 0.29) is 18.1 Å². The first-order valence-electron chi connectivity index (χ1n) is 8.97. The Balaban J connectivity index is 1.50. The van der Waals surface area contributed by atoms with E-state index in [9.17, 15) is 9.90 Å². The topological polar surface area (TPSA) is 59.0 Å². The van der Waals surface area contributed by atoms with Crippen LogP contribution in [-0.4, -0.2) is 55.1 Å². The second-order valence-corrected chi connectivity index (χ2v) is 6.96. The number of fused-ring (bicyclic) bond motifs is 3. The van der Waals surface area contributed by atoms with Gasteiger partial charge in [0.15, 0.2) is 0 Å². The van der Waals surface area contributed by atoms with Gasteiger partial charge in [0, 0.05) is 13.0 Å². The van der Waals surface area contributed by atoms with Gasteiger partial charge in [0.25, 0.3) is 0 Å². The van der Waals surface area contributed by atoms with Crippen LogP contribution in [0.4, 0.5) is 4.79 Å². The number of rotatable bonds is 4. The van der Waals surface area contributed by atoms with Crippen molar-refractivity contribution >= 4 is 6.09 Å². The number of nitrogens with zero attached hydrogens (tertiary/aromatic N) is 1. The normalized spacial score (nSPS) is 21.5. The first-order valence-corrected chi connectivity index (χ1v) is 8.97. The lowest BCUT2D eigenvalue weighted by Gasteiger charge is -2.24. The molecule has 4 rings (SSSR count). The highest BCUT2D eigenvalue weighted by molar-refractivity contribution is 5.79. The summed E-state index contributed by atoms with van der Waals surface area (Å²) in [5, 5.41) is 9.88. The smallest absolute Gasteiger partial charge is 0.410 e. The Morgan fingerprint density at radius 2 is 1.69 bits per heavy atom. The molecule has 1 aliphatic heterocycles.